The molecular formula is C20H29IN6O. The van der Waals surface area contributed by atoms with Crippen LogP contribution in [0.5, 0.6) is 0 Å². The normalized spacial score (nSPS) is 16.8. The van der Waals surface area contributed by atoms with Gasteiger partial charge in [-0.3, -0.25) is 9.48 Å². The summed E-state index contributed by atoms with van der Waals surface area (Å²) < 4.78 is 2.11. The van der Waals surface area contributed by atoms with E-state index in [9.17, 15) is 4.79 Å². The first-order valence-electron chi connectivity index (χ1n) is 9.25. The molecule has 152 valence electrons. The third kappa shape index (κ3) is 5.24. The summed E-state index contributed by atoms with van der Waals surface area (Å²) in [5.74, 6) is 0.741. The Morgan fingerprint density at radius 3 is 2.86 bits per heavy atom. The fourth-order valence-corrected chi connectivity index (χ4v) is 3.20. The largest absolute Gasteiger partial charge is 0.353 e. The molecule has 0 radical (unpaired) electrons. The highest BCUT2D eigenvalue weighted by Gasteiger charge is 2.27. The number of benzene rings is 1. The number of likely N-dealkylation sites (N-methyl/N-ethyl adjacent to an activating group) is 1. The highest BCUT2D eigenvalue weighted by Crippen LogP contribution is 2.25. The molecule has 1 saturated heterocycles. The lowest BCUT2D eigenvalue weighted by atomic mass is 10.2. The minimum absolute atomic E-state index is 0. The van der Waals surface area contributed by atoms with Crippen LogP contribution >= 0.6 is 24.0 Å². The molecule has 0 aliphatic carbocycles. The van der Waals surface area contributed by atoms with Crippen LogP contribution in [0.4, 0.5) is 0 Å². The van der Waals surface area contributed by atoms with Gasteiger partial charge < -0.3 is 15.1 Å². The average Bonchev–Trinajstić information content (AvgIpc) is 3.27. The lowest BCUT2D eigenvalue weighted by molar-refractivity contribution is -0.127. The smallest absolute Gasteiger partial charge is 0.243 e. The molecule has 8 heteroatoms. The number of hydrogen-bond acceptors (Lipinski definition) is 3. The van der Waals surface area contributed by atoms with E-state index in [0.717, 1.165) is 41.9 Å². The Morgan fingerprint density at radius 2 is 2.14 bits per heavy atom. The zero-order valence-electron chi connectivity index (χ0n) is 16.8. The summed E-state index contributed by atoms with van der Waals surface area (Å²) in [6.07, 6.45) is 2.91. The van der Waals surface area contributed by atoms with Gasteiger partial charge >= 0.3 is 0 Å². The Balaban J connectivity index is 0.00000280. The first kappa shape index (κ1) is 22.2. The molecule has 7 nitrogen and oxygen atoms in total. The summed E-state index contributed by atoms with van der Waals surface area (Å²) in [6, 6.07) is 8.55. The van der Waals surface area contributed by atoms with Crippen molar-refractivity contribution in [2.75, 3.05) is 40.3 Å². The van der Waals surface area contributed by atoms with Crippen LogP contribution in [0.2, 0.25) is 0 Å². The number of guanidine groups is 1. The summed E-state index contributed by atoms with van der Waals surface area (Å²) >= 11 is 0. The molecule has 3 rings (SSSR count). The first-order chi connectivity index (χ1) is 13.0. The molecule has 1 aromatic carbocycles. The van der Waals surface area contributed by atoms with Crippen molar-refractivity contribution in [3.8, 4) is 0 Å². The van der Waals surface area contributed by atoms with Gasteiger partial charge in [0.05, 0.1) is 17.8 Å². The molecule has 2 heterocycles. The molecule has 0 saturated carbocycles. The fourth-order valence-electron chi connectivity index (χ4n) is 3.20. The Kier molecular flexibility index (Phi) is 7.85. The summed E-state index contributed by atoms with van der Waals surface area (Å²) in [4.78, 5) is 20.2. The van der Waals surface area contributed by atoms with Crippen LogP contribution < -0.4 is 5.32 Å². The summed E-state index contributed by atoms with van der Waals surface area (Å²) in [6.45, 7) is 8.37. The van der Waals surface area contributed by atoms with E-state index in [1.807, 2.05) is 25.3 Å². The molecular weight excluding hydrogens is 467 g/mol. The predicted molar refractivity (Wildman–Crippen MR) is 124 cm³/mol. The van der Waals surface area contributed by atoms with Crippen LogP contribution in [0.3, 0.4) is 0 Å². The summed E-state index contributed by atoms with van der Waals surface area (Å²) in [5, 5.41) is 9.09. The van der Waals surface area contributed by atoms with Gasteiger partial charge in [0.25, 0.3) is 0 Å². The number of carbonyl (C=O) groups is 1. The highest BCUT2D eigenvalue weighted by atomic mass is 127. The Morgan fingerprint density at radius 1 is 1.39 bits per heavy atom. The van der Waals surface area contributed by atoms with Crippen molar-refractivity contribution < 1.29 is 4.79 Å². The minimum Gasteiger partial charge on any atom is -0.353 e. The van der Waals surface area contributed by atoms with Gasteiger partial charge in [-0.2, -0.15) is 5.10 Å². The Labute approximate surface area is 183 Å². The lowest BCUT2D eigenvalue weighted by Crippen LogP contribution is -2.41. The number of nitrogens with one attached hydrogen (secondary N) is 1. The molecule has 28 heavy (non-hydrogen) atoms. The van der Waals surface area contributed by atoms with Crippen LogP contribution in [-0.4, -0.2) is 71.7 Å². The Hall–Kier alpha value is -2.10. The third-order valence-electron chi connectivity index (χ3n) is 4.72. The van der Waals surface area contributed by atoms with Crippen molar-refractivity contribution >= 4 is 46.7 Å². The number of likely N-dealkylation sites (tertiary alicyclic amines) is 1. The van der Waals surface area contributed by atoms with Gasteiger partial charge in [-0.05, 0) is 19.4 Å². The van der Waals surface area contributed by atoms with Crippen molar-refractivity contribution in [2.45, 2.75) is 19.4 Å². The maximum Gasteiger partial charge on any atom is 0.243 e. The van der Waals surface area contributed by atoms with Crippen molar-refractivity contribution in [3.05, 3.63) is 42.6 Å². The highest BCUT2D eigenvalue weighted by molar-refractivity contribution is 14.0. The van der Waals surface area contributed by atoms with E-state index in [4.69, 9.17) is 0 Å². The standard InChI is InChI=1S/C20H28N6O.HI/c1-15(2)11-21-20(22-13-19(27)24(3)4)25-10-9-17(14-25)26-18-8-6-5-7-16(18)12-23-26;/h5-8,12,17H,1,9-11,13-14H2,2-4H3,(H,21,22);1H. The van der Waals surface area contributed by atoms with Gasteiger partial charge in [0.1, 0.15) is 6.54 Å². The van der Waals surface area contributed by atoms with Crippen LogP contribution in [0.1, 0.15) is 19.4 Å². The number of hydrogen-bond donors (Lipinski definition) is 1. The maximum atomic E-state index is 11.9. The molecule has 1 unspecified atom stereocenters. The van der Waals surface area contributed by atoms with E-state index in [-0.39, 0.29) is 42.5 Å². The quantitative estimate of drug-likeness (QED) is 0.299. The number of aromatic nitrogens is 2. The van der Waals surface area contributed by atoms with E-state index >= 15 is 0 Å². The summed E-state index contributed by atoms with van der Waals surface area (Å²) in [7, 11) is 3.49. The van der Waals surface area contributed by atoms with Crippen molar-refractivity contribution in [2.24, 2.45) is 4.99 Å². The molecule has 1 aliphatic heterocycles. The van der Waals surface area contributed by atoms with Crippen LogP contribution in [0.25, 0.3) is 10.9 Å². The number of amides is 1. The molecule has 1 fully saturated rings. The van der Waals surface area contributed by atoms with Gasteiger partial charge in [0, 0.05) is 39.1 Å². The van der Waals surface area contributed by atoms with Crippen LogP contribution in [0, 0.1) is 0 Å². The van der Waals surface area contributed by atoms with E-state index in [1.54, 1.807) is 19.0 Å². The molecule has 1 atom stereocenters. The SMILES string of the molecule is C=C(C)CNC(=NCC(=O)N(C)C)N1CCC(n2ncc3ccccc32)C1.I. The van der Waals surface area contributed by atoms with Gasteiger partial charge in [-0.1, -0.05) is 30.4 Å². The summed E-state index contributed by atoms with van der Waals surface area (Å²) in [5.41, 5.74) is 2.18. The second kappa shape index (κ2) is 9.90. The van der Waals surface area contributed by atoms with Crippen molar-refractivity contribution in [3.63, 3.8) is 0 Å². The third-order valence-corrected chi connectivity index (χ3v) is 4.72. The lowest BCUT2D eigenvalue weighted by Gasteiger charge is -2.22. The minimum atomic E-state index is -0.0153. The van der Waals surface area contributed by atoms with Gasteiger partial charge in [-0.15, -0.1) is 24.0 Å². The number of fused-ring (bicyclic) bond motifs is 1. The van der Waals surface area contributed by atoms with Crippen molar-refractivity contribution in [1.82, 2.24) is 24.9 Å². The number of nitrogens with zero attached hydrogens (tertiary/aromatic N) is 5. The molecule has 1 amide bonds. The first-order valence-corrected chi connectivity index (χ1v) is 9.25. The van der Waals surface area contributed by atoms with Crippen LogP contribution in [0.15, 0.2) is 47.6 Å². The predicted octanol–water partition coefficient (Wildman–Crippen LogP) is 2.51. The molecule has 1 aliphatic rings. The fraction of sp³-hybridized carbons (Fsp3) is 0.450. The number of rotatable bonds is 5. The second-order valence-corrected chi connectivity index (χ2v) is 7.28. The van der Waals surface area contributed by atoms with E-state index in [0.29, 0.717) is 6.54 Å². The number of aliphatic imine (C=N–C) groups is 1. The molecule has 0 spiro atoms. The zero-order valence-corrected chi connectivity index (χ0v) is 19.1. The monoisotopic (exact) mass is 496 g/mol. The van der Waals surface area contributed by atoms with E-state index in [1.165, 1.54) is 0 Å². The topological polar surface area (TPSA) is 65.8 Å². The zero-order chi connectivity index (χ0) is 19.4. The van der Waals surface area contributed by atoms with Crippen molar-refractivity contribution in [1.29, 1.82) is 0 Å². The van der Waals surface area contributed by atoms with Crippen LogP contribution in [-0.2, 0) is 4.79 Å². The average molecular weight is 496 g/mol. The van der Waals surface area contributed by atoms with Gasteiger partial charge in [0.15, 0.2) is 5.96 Å². The molecule has 2 aromatic rings. The van der Waals surface area contributed by atoms with Gasteiger partial charge in [-0.25, -0.2) is 4.99 Å². The number of halogens is 1. The van der Waals surface area contributed by atoms with E-state index in [2.05, 4.69) is 43.7 Å². The van der Waals surface area contributed by atoms with E-state index < -0.39 is 0 Å². The second-order valence-electron chi connectivity index (χ2n) is 7.28. The number of para-hydroxylation sites is 1. The molecule has 1 N–H and O–H groups in total. The Bertz CT molecular complexity index is 859. The maximum absolute atomic E-state index is 11.9. The van der Waals surface area contributed by atoms with Gasteiger partial charge in [0.2, 0.25) is 5.91 Å². The molecule has 1 aromatic heterocycles. The number of carbonyl (C=O) groups excluding carboxylic acids is 1. The molecule has 0 bridgehead atoms.